The first kappa shape index (κ1) is 11.8. The largest absolute Gasteiger partial charge is 0.453 e. The number of carbonyl (C=O) groups is 2. The Balaban J connectivity index is 2.32. The molecular weight excluding hydrogens is 196 g/mol. The molecule has 1 fully saturated rings. The predicted molar refractivity (Wildman–Crippen MR) is 55.4 cm³/mol. The molecule has 1 aliphatic heterocycles. The van der Waals surface area contributed by atoms with Gasteiger partial charge in [-0.3, -0.25) is 4.79 Å². The number of hydrogen-bond donors (Lipinski definition) is 1. The zero-order valence-corrected chi connectivity index (χ0v) is 9.28. The Bertz CT molecular complexity index is 243. The first-order valence-corrected chi connectivity index (χ1v) is 5.29. The van der Waals surface area contributed by atoms with E-state index in [-0.39, 0.29) is 11.9 Å². The third-order valence-electron chi connectivity index (χ3n) is 2.51. The molecular formula is C10H18N2O3. The molecule has 1 heterocycles. The van der Waals surface area contributed by atoms with Crippen LogP contribution < -0.4 is 5.32 Å². The maximum atomic E-state index is 11.5. The zero-order chi connectivity index (χ0) is 11.3. The monoisotopic (exact) mass is 214 g/mol. The van der Waals surface area contributed by atoms with Crippen molar-refractivity contribution < 1.29 is 14.3 Å². The maximum Gasteiger partial charge on any atom is 0.407 e. The summed E-state index contributed by atoms with van der Waals surface area (Å²) in [5, 5.41) is 2.70. The molecule has 0 aliphatic carbocycles. The van der Waals surface area contributed by atoms with Crippen LogP contribution in [0.4, 0.5) is 4.79 Å². The summed E-state index contributed by atoms with van der Waals surface area (Å²) >= 11 is 0. The Morgan fingerprint density at radius 3 is 2.87 bits per heavy atom. The minimum absolute atomic E-state index is 0.0401. The van der Waals surface area contributed by atoms with Gasteiger partial charge in [-0.05, 0) is 12.8 Å². The Morgan fingerprint density at radius 1 is 1.53 bits per heavy atom. The molecule has 0 saturated carbocycles. The van der Waals surface area contributed by atoms with Gasteiger partial charge in [0.25, 0.3) is 0 Å². The summed E-state index contributed by atoms with van der Waals surface area (Å²) in [5.41, 5.74) is 0. The zero-order valence-electron chi connectivity index (χ0n) is 9.28. The van der Waals surface area contributed by atoms with Crippen molar-refractivity contribution in [3.8, 4) is 0 Å². The van der Waals surface area contributed by atoms with Gasteiger partial charge in [0.1, 0.15) is 0 Å². The summed E-state index contributed by atoms with van der Waals surface area (Å²) in [6.45, 7) is 3.32. The molecule has 0 radical (unpaired) electrons. The van der Waals surface area contributed by atoms with Crippen LogP contribution in [0.1, 0.15) is 26.2 Å². The van der Waals surface area contributed by atoms with Crippen LogP contribution >= 0.6 is 0 Å². The maximum absolute atomic E-state index is 11.5. The molecule has 5 heteroatoms. The summed E-state index contributed by atoms with van der Waals surface area (Å²) < 4.78 is 4.50. The highest BCUT2D eigenvalue weighted by atomic mass is 16.5. The molecule has 0 aromatic carbocycles. The molecule has 15 heavy (non-hydrogen) atoms. The molecule has 1 N–H and O–H groups in total. The second-order valence-corrected chi connectivity index (χ2v) is 3.71. The highest BCUT2D eigenvalue weighted by Gasteiger charge is 2.26. The smallest absolute Gasteiger partial charge is 0.407 e. The van der Waals surface area contributed by atoms with Gasteiger partial charge < -0.3 is 15.0 Å². The van der Waals surface area contributed by atoms with Crippen LogP contribution in [-0.4, -0.2) is 43.1 Å². The third-order valence-corrected chi connectivity index (χ3v) is 2.51. The van der Waals surface area contributed by atoms with Crippen molar-refractivity contribution in [2.75, 3.05) is 20.2 Å². The molecule has 1 saturated heterocycles. The van der Waals surface area contributed by atoms with E-state index in [9.17, 15) is 9.59 Å². The number of alkyl carbamates (subject to hydrolysis) is 1. The standard InChI is InChI=1S/C10H18N2O3/c1-3-4-9(13)12-6-5-8(7-12)11-10(14)15-2/h8H,3-7H2,1-2H3,(H,11,14). The van der Waals surface area contributed by atoms with Gasteiger partial charge in [0.15, 0.2) is 0 Å². The van der Waals surface area contributed by atoms with Gasteiger partial charge in [-0.15, -0.1) is 0 Å². The number of amides is 2. The molecule has 1 atom stereocenters. The molecule has 1 unspecified atom stereocenters. The van der Waals surface area contributed by atoms with Crippen molar-refractivity contribution in [1.29, 1.82) is 0 Å². The van der Waals surface area contributed by atoms with E-state index >= 15 is 0 Å². The summed E-state index contributed by atoms with van der Waals surface area (Å²) in [4.78, 5) is 24.3. The Kier molecular flexibility index (Phi) is 4.39. The Labute approximate surface area is 89.8 Å². The van der Waals surface area contributed by atoms with Crippen molar-refractivity contribution in [2.45, 2.75) is 32.2 Å². The molecule has 0 bridgehead atoms. The van der Waals surface area contributed by atoms with Crippen molar-refractivity contribution in [1.82, 2.24) is 10.2 Å². The quantitative estimate of drug-likeness (QED) is 0.754. The number of hydrogen-bond acceptors (Lipinski definition) is 3. The third kappa shape index (κ3) is 3.42. The second kappa shape index (κ2) is 5.58. The number of nitrogens with one attached hydrogen (secondary N) is 1. The lowest BCUT2D eigenvalue weighted by molar-refractivity contribution is -0.130. The first-order valence-electron chi connectivity index (χ1n) is 5.29. The van der Waals surface area contributed by atoms with Gasteiger partial charge in [0, 0.05) is 19.5 Å². The van der Waals surface area contributed by atoms with Crippen LogP contribution in [0, 0.1) is 0 Å². The number of nitrogens with zero attached hydrogens (tertiary/aromatic N) is 1. The Morgan fingerprint density at radius 2 is 2.27 bits per heavy atom. The molecule has 2 amide bonds. The summed E-state index contributed by atoms with van der Waals surface area (Å²) in [6, 6.07) is 0.0401. The van der Waals surface area contributed by atoms with Crippen LogP contribution in [0.15, 0.2) is 0 Å². The summed E-state index contributed by atoms with van der Waals surface area (Å²) in [6.07, 6.45) is 1.84. The highest BCUT2D eigenvalue weighted by molar-refractivity contribution is 5.76. The van der Waals surface area contributed by atoms with Gasteiger partial charge in [0.05, 0.1) is 13.2 Å². The van der Waals surface area contributed by atoms with Crippen LogP contribution in [0.5, 0.6) is 0 Å². The predicted octanol–water partition coefficient (Wildman–Crippen LogP) is 0.743. The van der Waals surface area contributed by atoms with Crippen LogP contribution in [-0.2, 0) is 9.53 Å². The molecule has 86 valence electrons. The van der Waals surface area contributed by atoms with E-state index in [1.54, 1.807) is 4.90 Å². The molecule has 5 nitrogen and oxygen atoms in total. The van der Waals surface area contributed by atoms with E-state index in [4.69, 9.17) is 0 Å². The van der Waals surface area contributed by atoms with E-state index in [1.165, 1.54) is 7.11 Å². The average molecular weight is 214 g/mol. The van der Waals surface area contributed by atoms with Crippen molar-refractivity contribution in [3.63, 3.8) is 0 Å². The molecule has 0 spiro atoms. The first-order chi connectivity index (χ1) is 7.17. The topological polar surface area (TPSA) is 58.6 Å². The van der Waals surface area contributed by atoms with E-state index in [0.717, 1.165) is 19.4 Å². The fourth-order valence-electron chi connectivity index (χ4n) is 1.70. The fraction of sp³-hybridized carbons (Fsp3) is 0.800. The number of ether oxygens (including phenoxy) is 1. The summed E-state index contributed by atoms with van der Waals surface area (Å²) in [7, 11) is 1.34. The molecule has 0 aromatic heterocycles. The lowest BCUT2D eigenvalue weighted by Crippen LogP contribution is -2.38. The van der Waals surface area contributed by atoms with Gasteiger partial charge in [-0.25, -0.2) is 4.79 Å². The van der Waals surface area contributed by atoms with Gasteiger partial charge >= 0.3 is 6.09 Å². The average Bonchev–Trinajstić information content (AvgIpc) is 2.66. The van der Waals surface area contributed by atoms with Crippen LogP contribution in [0.2, 0.25) is 0 Å². The lowest BCUT2D eigenvalue weighted by atomic mass is 10.3. The van der Waals surface area contributed by atoms with Gasteiger partial charge in [-0.1, -0.05) is 6.92 Å². The van der Waals surface area contributed by atoms with E-state index in [2.05, 4.69) is 10.1 Å². The number of likely N-dealkylation sites (tertiary alicyclic amines) is 1. The van der Waals surface area contributed by atoms with Crippen LogP contribution in [0.25, 0.3) is 0 Å². The summed E-state index contributed by atoms with van der Waals surface area (Å²) in [5.74, 6) is 0.173. The minimum Gasteiger partial charge on any atom is -0.453 e. The van der Waals surface area contributed by atoms with E-state index in [1.807, 2.05) is 6.92 Å². The second-order valence-electron chi connectivity index (χ2n) is 3.71. The van der Waals surface area contributed by atoms with Crippen LogP contribution in [0.3, 0.4) is 0 Å². The van der Waals surface area contributed by atoms with Crippen molar-refractivity contribution in [3.05, 3.63) is 0 Å². The fourth-order valence-corrected chi connectivity index (χ4v) is 1.70. The van der Waals surface area contributed by atoms with Gasteiger partial charge in [0.2, 0.25) is 5.91 Å². The molecule has 1 rings (SSSR count). The minimum atomic E-state index is -0.426. The van der Waals surface area contributed by atoms with E-state index < -0.39 is 6.09 Å². The highest BCUT2D eigenvalue weighted by Crippen LogP contribution is 2.11. The molecule has 1 aliphatic rings. The lowest BCUT2D eigenvalue weighted by Gasteiger charge is -2.16. The van der Waals surface area contributed by atoms with Crippen molar-refractivity contribution >= 4 is 12.0 Å². The SMILES string of the molecule is CCCC(=O)N1CCC(NC(=O)OC)C1. The molecule has 0 aromatic rings. The van der Waals surface area contributed by atoms with Crippen molar-refractivity contribution in [2.24, 2.45) is 0 Å². The number of rotatable bonds is 3. The Hall–Kier alpha value is -1.26. The normalized spacial score (nSPS) is 20.1. The van der Waals surface area contributed by atoms with E-state index in [0.29, 0.717) is 13.0 Å². The number of methoxy groups -OCH3 is 1. The van der Waals surface area contributed by atoms with Gasteiger partial charge in [-0.2, -0.15) is 0 Å². The number of carbonyl (C=O) groups excluding carboxylic acids is 2.